The van der Waals surface area contributed by atoms with E-state index in [1.807, 2.05) is 30.3 Å². The predicted molar refractivity (Wildman–Crippen MR) is 82.3 cm³/mol. The molecule has 106 valence electrons. The molecule has 0 aliphatic rings. The number of ether oxygens (including phenoxy) is 1. The molecule has 0 bridgehead atoms. The van der Waals surface area contributed by atoms with E-state index in [2.05, 4.69) is 10.1 Å². The van der Waals surface area contributed by atoms with Crippen LogP contribution in [0.4, 0.5) is 5.69 Å². The van der Waals surface area contributed by atoms with Crippen molar-refractivity contribution in [3.8, 4) is 17.4 Å². The molecule has 0 spiro atoms. The van der Waals surface area contributed by atoms with Crippen molar-refractivity contribution in [1.82, 2.24) is 14.8 Å². The Morgan fingerprint density at radius 1 is 1.05 bits per heavy atom. The SMILES string of the molecule is Nc1cc(Cl)c(Oc2ncn(-c3ccccc3)n2)c(Cl)c1. The Kier molecular flexibility index (Phi) is 3.68. The highest BCUT2D eigenvalue weighted by Crippen LogP contribution is 2.37. The molecule has 1 heterocycles. The molecule has 5 nitrogen and oxygen atoms in total. The van der Waals surface area contributed by atoms with Gasteiger partial charge < -0.3 is 10.5 Å². The molecule has 0 amide bonds. The first-order valence-corrected chi connectivity index (χ1v) is 6.78. The van der Waals surface area contributed by atoms with Gasteiger partial charge in [-0.2, -0.15) is 4.98 Å². The lowest BCUT2D eigenvalue weighted by Crippen LogP contribution is -1.95. The molecule has 3 rings (SSSR count). The van der Waals surface area contributed by atoms with Crippen molar-refractivity contribution in [2.45, 2.75) is 0 Å². The minimum absolute atomic E-state index is 0.146. The second-order valence-electron chi connectivity index (χ2n) is 4.22. The summed E-state index contributed by atoms with van der Waals surface area (Å²) in [6.07, 6.45) is 1.55. The first-order chi connectivity index (χ1) is 10.1. The molecule has 2 N–H and O–H groups in total. The van der Waals surface area contributed by atoms with E-state index in [1.54, 1.807) is 23.1 Å². The van der Waals surface area contributed by atoms with Gasteiger partial charge in [-0.25, -0.2) is 4.68 Å². The normalized spacial score (nSPS) is 10.6. The van der Waals surface area contributed by atoms with E-state index >= 15 is 0 Å². The fraction of sp³-hybridized carbons (Fsp3) is 0. The minimum atomic E-state index is 0.146. The van der Waals surface area contributed by atoms with Crippen molar-refractivity contribution < 1.29 is 4.74 Å². The Balaban J connectivity index is 1.89. The fourth-order valence-corrected chi connectivity index (χ4v) is 2.35. The molecular formula is C14H10Cl2N4O. The van der Waals surface area contributed by atoms with Gasteiger partial charge in [0.05, 0.1) is 15.7 Å². The number of aromatic nitrogens is 3. The van der Waals surface area contributed by atoms with Gasteiger partial charge in [-0.1, -0.05) is 41.4 Å². The summed E-state index contributed by atoms with van der Waals surface area (Å²) < 4.78 is 7.13. The maximum Gasteiger partial charge on any atom is 0.341 e. The van der Waals surface area contributed by atoms with Crippen LogP contribution in [-0.4, -0.2) is 14.8 Å². The van der Waals surface area contributed by atoms with Crippen LogP contribution in [0.5, 0.6) is 11.8 Å². The maximum atomic E-state index is 6.06. The van der Waals surface area contributed by atoms with E-state index in [9.17, 15) is 0 Å². The number of halogens is 2. The van der Waals surface area contributed by atoms with E-state index in [0.29, 0.717) is 15.7 Å². The average Bonchev–Trinajstić information content (AvgIpc) is 2.92. The smallest absolute Gasteiger partial charge is 0.341 e. The molecule has 0 aliphatic carbocycles. The number of nitrogen functional groups attached to an aromatic ring is 1. The lowest BCUT2D eigenvalue weighted by molar-refractivity contribution is 0.442. The van der Waals surface area contributed by atoms with Crippen molar-refractivity contribution in [3.63, 3.8) is 0 Å². The third-order valence-corrected chi connectivity index (χ3v) is 3.27. The molecule has 3 aromatic rings. The van der Waals surface area contributed by atoms with Crippen LogP contribution >= 0.6 is 23.2 Å². The first-order valence-electron chi connectivity index (χ1n) is 6.03. The standard InChI is InChI=1S/C14H10Cl2N4O/c15-11-6-9(17)7-12(16)13(11)21-14-18-8-20(19-14)10-4-2-1-3-5-10/h1-8H,17H2. The highest BCUT2D eigenvalue weighted by atomic mass is 35.5. The van der Waals surface area contributed by atoms with Crippen LogP contribution < -0.4 is 10.5 Å². The number of hydrogen-bond donors (Lipinski definition) is 1. The van der Waals surface area contributed by atoms with Gasteiger partial charge in [-0.3, -0.25) is 0 Å². The molecule has 0 fully saturated rings. The molecule has 0 saturated heterocycles. The monoisotopic (exact) mass is 320 g/mol. The highest BCUT2D eigenvalue weighted by Gasteiger charge is 2.13. The Bertz CT molecular complexity index is 751. The van der Waals surface area contributed by atoms with Gasteiger partial charge in [0.25, 0.3) is 0 Å². The Morgan fingerprint density at radius 3 is 2.38 bits per heavy atom. The Labute approximate surface area is 130 Å². The van der Waals surface area contributed by atoms with Crippen molar-refractivity contribution in [1.29, 1.82) is 0 Å². The van der Waals surface area contributed by atoms with Crippen LogP contribution in [0.1, 0.15) is 0 Å². The summed E-state index contributed by atoms with van der Waals surface area (Å²) in [6, 6.07) is 12.8. The first kappa shape index (κ1) is 13.7. The van der Waals surface area contributed by atoms with Crippen LogP contribution in [0.15, 0.2) is 48.8 Å². The molecule has 2 aromatic carbocycles. The number of hydrogen-bond acceptors (Lipinski definition) is 4. The Hall–Kier alpha value is -2.24. The fourth-order valence-electron chi connectivity index (χ4n) is 1.77. The number of nitrogens with zero attached hydrogens (tertiary/aromatic N) is 3. The zero-order valence-electron chi connectivity index (χ0n) is 10.7. The molecule has 21 heavy (non-hydrogen) atoms. The predicted octanol–water partition coefficient (Wildman–Crippen LogP) is 3.95. The van der Waals surface area contributed by atoms with E-state index < -0.39 is 0 Å². The van der Waals surface area contributed by atoms with Crippen LogP contribution in [0.2, 0.25) is 10.0 Å². The molecule has 0 saturated carbocycles. The largest absolute Gasteiger partial charge is 0.420 e. The average molecular weight is 321 g/mol. The minimum Gasteiger partial charge on any atom is -0.420 e. The molecular weight excluding hydrogens is 311 g/mol. The molecule has 0 radical (unpaired) electrons. The highest BCUT2D eigenvalue weighted by molar-refractivity contribution is 6.37. The molecule has 0 atom stereocenters. The van der Waals surface area contributed by atoms with Gasteiger partial charge in [-0.05, 0) is 24.3 Å². The quantitative estimate of drug-likeness (QED) is 0.742. The van der Waals surface area contributed by atoms with Gasteiger partial charge in [0.1, 0.15) is 6.33 Å². The summed E-state index contributed by atoms with van der Waals surface area (Å²) >= 11 is 12.1. The van der Waals surface area contributed by atoms with Gasteiger partial charge in [0.2, 0.25) is 0 Å². The zero-order valence-corrected chi connectivity index (χ0v) is 12.2. The third-order valence-electron chi connectivity index (χ3n) is 2.71. The summed E-state index contributed by atoms with van der Waals surface area (Å²) in [5.41, 5.74) is 6.97. The van der Waals surface area contributed by atoms with Crippen molar-refractivity contribution >= 4 is 28.9 Å². The van der Waals surface area contributed by atoms with Crippen LogP contribution in [0.25, 0.3) is 5.69 Å². The van der Waals surface area contributed by atoms with Crippen molar-refractivity contribution in [2.24, 2.45) is 0 Å². The summed E-state index contributed by atoms with van der Waals surface area (Å²) in [4.78, 5) is 4.07. The van der Waals surface area contributed by atoms with Crippen LogP contribution in [0.3, 0.4) is 0 Å². The summed E-state index contributed by atoms with van der Waals surface area (Å²) in [5, 5.41) is 4.82. The molecule has 0 aliphatic heterocycles. The van der Waals surface area contributed by atoms with Crippen molar-refractivity contribution in [3.05, 3.63) is 58.8 Å². The van der Waals surface area contributed by atoms with Crippen LogP contribution in [0, 0.1) is 0 Å². The van der Waals surface area contributed by atoms with E-state index in [4.69, 9.17) is 33.7 Å². The number of benzene rings is 2. The van der Waals surface area contributed by atoms with E-state index in [0.717, 1.165) is 5.69 Å². The van der Waals surface area contributed by atoms with Gasteiger partial charge >= 0.3 is 6.01 Å². The van der Waals surface area contributed by atoms with Gasteiger partial charge in [-0.15, -0.1) is 5.10 Å². The van der Waals surface area contributed by atoms with Crippen molar-refractivity contribution in [2.75, 3.05) is 5.73 Å². The molecule has 1 aromatic heterocycles. The summed E-state index contributed by atoms with van der Waals surface area (Å²) in [6.45, 7) is 0. The second-order valence-corrected chi connectivity index (χ2v) is 5.04. The van der Waals surface area contributed by atoms with E-state index in [-0.39, 0.29) is 11.8 Å². The number of anilines is 1. The lowest BCUT2D eigenvalue weighted by Gasteiger charge is -2.07. The zero-order chi connectivity index (χ0) is 14.8. The molecule has 7 heteroatoms. The second kappa shape index (κ2) is 5.63. The number of rotatable bonds is 3. The molecule has 0 unspecified atom stereocenters. The third kappa shape index (κ3) is 2.94. The van der Waals surface area contributed by atoms with E-state index in [1.165, 1.54) is 0 Å². The van der Waals surface area contributed by atoms with Crippen LogP contribution in [-0.2, 0) is 0 Å². The summed E-state index contributed by atoms with van der Waals surface area (Å²) in [7, 11) is 0. The topological polar surface area (TPSA) is 66.0 Å². The number of nitrogens with two attached hydrogens (primary N) is 1. The van der Waals surface area contributed by atoms with Gasteiger partial charge in [0.15, 0.2) is 5.75 Å². The summed E-state index contributed by atoms with van der Waals surface area (Å²) in [5.74, 6) is 0.276. The Morgan fingerprint density at radius 2 is 1.71 bits per heavy atom. The maximum absolute atomic E-state index is 6.06. The van der Waals surface area contributed by atoms with Gasteiger partial charge in [0, 0.05) is 5.69 Å². The number of para-hydroxylation sites is 1. The lowest BCUT2D eigenvalue weighted by atomic mass is 10.3.